The van der Waals surface area contributed by atoms with E-state index in [1.165, 1.54) is 11.1 Å². The zero-order chi connectivity index (χ0) is 19.5. The van der Waals surface area contributed by atoms with E-state index in [0.717, 1.165) is 38.9 Å². The Hall–Kier alpha value is -2.13. The Labute approximate surface area is 169 Å². The molecule has 1 N–H and O–H groups in total. The summed E-state index contributed by atoms with van der Waals surface area (Å²) in [5.74, 6) is 1.77. The van der Waals surface area contributed by atoms with E-state index >= 15 is 0 Å². The zero-order valence-electron chi connectivity index (χ0n) is 16.9. The van der Waals surface area contributed by atoms with E-state index in [0.29, 0.717) is 29.7 Å². The van der Waals surface area contributed by atoms with Gasteiger partial charge in [-0.15, -0.1) is 0 Å². The molecule has 3 heteroatoms. The van der Waals surface area contributed by atoms with Crippen molar-refractivity contribution >= 4 is 5.91 Å². The van der Waals surface area contributed by atoms with Crippen molar-refractivity contribution < 1.29 is 4.79 Å². The first-order valence-corrected chi connectivity index (χ1v) is 10.7. The van der Waals surface area contributed by atoms with E-state index in [-0.39, 0.29) is 5.92 Å². The maximum Gasteiger partial charge on any atom is 0.227 e. The second-order valence-electron chi connectivity index (χ2n) is 8.58. The van der Waals surface area contributed by atoms with E-state index in [1.807, 2.05) is 6.08 Å². The Bertz CT molecular complexity index is 766. The number of carbonyl (C=O) groups excluding carboxylic acids is 1. The molecule has 2 aliphatic heterocycles. The van der Waals surface area contributed by atoms with Crippen molar-refractivity contribution in [2.75, 3.05) is 19.6 Å². The molecule has 0 bridgehead atoms. The van der Waals surface area contributed by atoms with Gasteiger partial charge >= 0.3 is 0 Å². The predicted molar refractivity (Wildman–Crippen MR) is 115 cm³/mol. The fourth-order valence-corrected chi connectivity index (χ4v) is 5.44. The Balaban J connectivity index is 1.44. The standard InChI is InChI=1S/C25H32N2O/c1-3-19-9-7-8-12-22(19)23-16-26-17-24(23)25(28)27-14-13-21(15-18(27)2)20-10-5-4-6-11-20/h3-11,18,21-24,26H,1,12-17H2,2H3/t18-,21-,22?,23-,24+/m0/s1. The molecule has 0 aromatic heterocycles. The van der Waals surface area contributed by atoms with Crippen LogP contribution in [0.2, 0.25) is 0 Å². The minimum absolute atomic E-state index is 0.0792. The first kappa shape index (κ1) is 19.2. The van der Waals surface area contributed by atoms with Crippen molar-refractivity contribution in [1.29, 1.82) is 0 Å². The van der Waals surface area contributed by atoms with Crippen molar-refractivity contribution in [1.82, 2.24) is 10.2 Å². The highest BCUT2D eigenvalue weighted by atomic mass is 16.2. The molecule has 148 valence electrons. The molecular weight excluding hydrogens is 344 g/mol. The van der Waals surface area contributed by atoms with Crippen LogP contribution in [0.1, 0.15) is 37.7 Å². The number of nitrogens with one attached hydrogen (secondary N) is 1. The van der Waals surface area contributed by atoms with Crippen LogP contribution in [0.4, 0.5) is 0 Å². The van der Waals surface area contributed by atoms with Crippen molar-refractivity contribution in [3.8, 4) is 0 Å². The van der Waals surface area contributed by atoms with Gasteiger partial charge in [0.05, 0.1) is 5.92 Å². The molecule has 1 amide bonds. The van der Waals surface area contributed by atoms with Gasteiger partial charge in [0.1, 0.15) is 0 Å². The summed E-state index contributed by atoms with van der Waals surface area (Å²) in [5.41, 5.74) is 2.70. The third kappa shape index (κ3) is 3.73. The van der Waals surface area contributed by atoms with Gasteiger partial charge in [0, 0.05) is 19.1 Å². The Morgan fingerprint density at radius 1 is 1.25 bits per heavy atom. The van der Waals surface area contributed by atoms with Gasteiger partial charge in [-0.2, -0.15) is 0 Å². The number of piperidine rings is 1. The number of rotatable bonds is 4. The molecule has 3 aliphatic rings. The fourth-order valence-electron chi connectivity index (χ4n) is 5.44. The number of hydrogen-bond acceptors (Lipinski definition) is 2. The molecule has 1 aromatic rings. The lowest BCUT2D eigenvalue weighted by Gasteiger charge is -2.40. The first-order chi connectivity index (χ1) is 13.7. The number of carbonyl (C=O) groups is 1. The lowest BCUT2D eigenvalue weighted by molar-refractivity contribution is -0.140. The Morgan fingerprint density at radius 3 is 2.82 bits per heavy atom. The maximum atomic E-state index is 13.5. The summed E-state index contributed by atoms with van der Waals surface area (Å²) in [6, 6.07) is 11.1. The fraction of sp³-hybridized carbons (Fsp3) is 0.480. The minimum Gasteiger partial charge on any atom is -0.340 e. The summed E-state index contributed by atoms with van der Waals surface area (Å²) < 4.78 is 0. The smallest absolute Gasteiger partial charge is 0.227 e. The molecule has 4 rings (SSSR count). The van der Waals surface area contributed by atoms with Crippen LogP contribution < -0.4 is 5.32 Å². The third-order valence-electron chi connectivity index (χ3n) is 7.00. The van der Waals surface area contributed by atoms with Crippen LogP contribution in [0.3, 0.4) is 0 Å². The van der Waals surface area contributed by atoms with Gasteiger partial charge in [0.2, 0.25) is 5.91 Å². The lowest BCUT2D eigenvalue weighted by atomic mass is 9.75. The quantitative estimate of drug-likeness (QED) is 0.849. The number of hydrogen-bond donors (Lipinski definition) is 1. The maximum absolute atomic E-state index is 13.5. The first-order valence-electron chi connectivity index (χ1n) is 10.7. The average molecular weight is 377 g/mol. The minimum atomic E-state index is 0.0792. The van der Waals surface area contributed by atoms with Crippen LogP contribution in [0.15, 0.2) is 66.8 Å². The number of amides is 1. The van der Waals surface area contributed by atoms with Crippen molar-refractivity contribution in [2.24, 2.45) is 17.8 Å². The van der Waals surface area contributed by atoms with Crippen molar-refractivity contribution in [3.63, 3.8) is 0 Å². The molecule has 0 spiro atoms. The normalized spacial score (nSPS) is 32.8. The van der Waals surface area contributed by atoms with Gasteiger partial charge in [0.25, 0.3) is 0 Å². The van der Waals surface area contributed by atoms with Gasteiger partial charge in [-0.1, -0.05) is 61.2 Å². The number of likely N-dealkylation sites (tertiary alicyclic amines) is 1. The summed E-state index contributed by atoms with van der Waals surface area (Å²) in [6.07, 6.45) is 11.6. The number of allylic oxidation sites excluding steroid dienone is 5. The average Bonchev–Trinajstić information content (AvgIpc) is 3.23. The Kier molecular flexibility index (Phi) is 5.82. The molecule has 28 heavy (non-hydrogen) atoms. The predicted octanol–water partition coefficient (Wildman–Crippen LogP) is 4.31. The highest BCUT2D eigenvalue weighted by Crippen LogP contribution is 2.38. The number of nitrogens with zero attached hydrogens (tertiary/aromatic N) is 1. The third-order valence-corrected chi connectivity index (χ3v) is 7.00. The van der Waals surface area contributed by atoms with Crippen molar-refractivity contribution in [2.45, 2.75) is 38.1 Å². The van der Waals surface area contributed by atoms with E-state index < -0.39 is 0 Å². The molecule has 2 heterocycles. The summed E-state index contributed by atoms with van der Waals surface area (Å²) in [5, 5.41) is 3.50. The van der Waals surface area contributed by atoms with E-state index in [4.69, 9.17) is 0 Å². The SMILES string of the molecule is C=CC1=CC=CCC1[C@@H]1CNC[C@H]1C(=O)N1CC[C@H](c2ccccc2)C[C@@H]1C. The van der Waals surface area contributed by atoms with Crippen LogP contribution in [0.5, 0.6) is 0 Å². The van der Waals surface area contributed by atoms with Crippen LogP contribution in [-0.4, -0.2) is 36.5 Å². The largest absolute Gasteiger partial charge is 0.340 e. The highest BCUT2D eigenvalue weighted by molar-refractivity contribution is 5.80. The van der Waals surface area contributed by atoms with Gasteiger partial charge in [-0.3, -0.25) is 4.79 Å². The molecule has 0 radical (unpaired) electrons. The lowest BCUT2D eigenvalue weighted by Crippen LogP contribution is -2.48. The second kappa shape index (κ2) is 8.48. The molecule has 2 saturated heterocycles. The summed E-state index contributed by atoms with van der Waals surface area (Å²) in [7, 11) is 0. The highest BCUT2D eigenvalue weighted by Gasteiger charge is 2.42. The molecular formula is C25H32N2O. The molecule has 5 atom stereocenters. The monoisotopic (exact) mass is 376 g/mol. The van der Waals surface area contributed by atoms with Crippen LogP contribution in [-0.2, 0) is 4.79 Å². The van der Waals surface area contributed by atoms with E-state index in [1.54, 1.807) is 0 Å². The summed E-state index contributed by atoms with van der Waals surface area (Å²) in [4.78, 5) is 15.7. The molecule has 1 aromatic carbocycles. The van der Waals surface area contributed by atoms with Gasteiger partial charge in [-0.25, -0.2) is 0 Å². The van der Waals surface area contributed by atoms with E-state index in [2.05, 4.69) is 72.3 Å². The zero-order valence-corrected chi connectivity index (χ0v) is 16.9. The van der Waals surface area contributed by atoms with Gasteiger partial charge < -0.3 is 10.2 Å². The number of benzene rings is 1. The van der Waals surface area contributed by atoms with Crippen LogP contribution in [0, 0.1) is 17.8 Å². The van der Waals surface area contributed by atoms with Gasteiger partial charge in [0.15, 0.2) is 0 Å². The molecule has 3 nitrogen and oxygen atoms in total. The van der Waals surface area contributed by atoms with Crippen LogP contribution >= 0.6 is 0 Å². The van der Waals surface area contributed by atoms with Crippen LogP contribution in [0.25, 0.3) is 0 Å². The van der Waals surface area contributed by atoms with Gasteiger partial charge in [-0.05, 0) is 61.6 Å². The Morgan fingerprint density at radius 2 is 2.07 bits per heavy atom. The summed E-state index contributed by atoms with van der Waals surface area (Å²) >= 11 is 0. The topological polar surface area (TPSA) is 32.3 Å². The van der Waals surface area contributed by atoms with E-state index in [9.17, 15) is 4.79 Å². The second-order valence-corrected chi connectivity index (χ2v) is 8.58. The molecule has 2 fully saturated rings. The molecule has 0 saturated carbocycles. The summed E-state index contributed by atoms with van der Waals surface area (Å²) in [6.45, 7) is 8.83. The molecule has 1 aliphatic carbocycles. The van der Waals surface area contributed by atoms with Crippen molar-refractivity contribution in [3.05, 3.63) is 72.4 Å². The molecule has 1 unspecified atom stereocenters.